The quantitative estimate of drug-likeness (QED) is 0.507. The van der Waals surface area contributed by atoms with Gasteiger partial charge >= 0.3 is 0 Å². The lowest BCUT2D eigenvalue weighted by molar-refractivity contribution is -0.339. The first-order valence-electron chi connectivity index (χ1n) is 3.65. The first-order chi connectivity index (χ1) is 4.48. The Kier molecular flexibility index (Phi) is 3.86. The van der Waals surface area contributed by atoms with E-state index in [1.807, 2.05) is 6.92 Å². The van der Waals surface area contributed by atoms with Crippen molar-refractivity contribution in [3.63, 3.8) is 0 Å². The molecule has 3 nitrogen and oxygen atoms in total. The first-order valence-corrected chi connectivity index (χ1v) is 3.65. The highest BCUT2D eigenvalue weighted by Gasteiger charge is 2.26. The van der Waals surface area contributed by atoms with E-state index in [-0.39, 0.29) is 0 Å². The van der Waals surface area contributed by atoms with E-state index in [9.17, 15) is 0 Å². The Hall–Kier alpha value is -0.120. The molecule has 0 aliphatic rings. The van der Waals surface area contributed by atoms with Crippen LogP contribution in [-0.2, 0) is 0 Å². The smallest absolute Gasteiger partial charge is 0.277 e. The second kappa shape index (κ2) is 3.91. The van der Waals surface area contributed by atoms with Crippen LogP contribution in [0.3, 0.4) is 0 Å². The van der Waals surface area contributed by atoms with Crippen LogP contribution in [0.5, 0.6) is 0 Å². The van der Waals surface area contributed by atoms with Crippen molar-refractivity contribution in [2.75, 3.05) is 0 Å². The molecule has 0 aromatic rings. The fourth-order valence-electron chi connectivity index (χ4n) is 0.704. The maximum Gasteiger partial charge on any atom is 0.277 e. The normalized spacial score (nSPS) is 15.3. The van der Waals surface area contributed by atoms with Gasteiger partial charge in [-0.05, 0) is 6.42 Å². The second-order valence-electron chi connectivity index (χ2n) is 2.73. The van der Waals surface area contributed by atoms with Crippen molar-refractivity contribution >= 4 is 0 Å². The zero-order chi connectivity index (χ0) is 8.20. The molecule has 0 radical (unpaired) electrons. The van der Waals surface area contributed by atoms with Crippen LogP contribution < -0.4 is 0 Å². The first kappa shape index (κ1) is 9.88. The van der Waals surface area contributed by atoms with Crippen molar-refractivity contribution in [1.82, 2.24) is 0 Å². The molecule has 0 saturated heterocycles. The molecule has 0 rings (SSSR count). The Morgan fingerprint density at radius 1 is 1.30 bits per heavy atom. The third-order valence-electron chi connectivity index (χ3n) is 1.65. The van der Waals surface area contributed by atoms with Crippen molar-refractivity contribution in [2.24, 2.45) is 5.92 Å². The van der Waals surface area contributed by atoms with Gasteiger partial charge in [0.25, 0.3) is 5.97 Å². The molecule has 0 heterocycles. The molecular weight excluding hydrogens is 132 g/mol. The highest BCUT2D eigenvalue weighted by molar-refractivity contribution is 4.59. The lowest BCUT2D eigenvalue weighted by Crippen LogP contribution is -2.35. The number of unbranched alkanes of at least 4 members (excludes halogenated alkanes) is 1. The van der Waals surface area contributed by atoms with Crippen LogP contribution in [0.25, 0.3) is 0 Å². The third kappa shape index (κ3) is 3.82. The minimum Gasteiger partial charge on any atom is -0.343 e. The van der Waals surface area contributed by atoms with Gasteiger partial charge in [0.2, 0.25) is 0 Å². The van der Waals surface area contributed by atoms with Crippen molar-refractivity contribution in [1.29, 1.82) is 0 Å². The van der Waals surface area contributed by atoms with E-state index in [4.69, 9.17) is 15.3 Å². The van der Waals surface area contributed by atoms with E-state index < -0.39 is 11.9 Å². The lowest BCUT2D eigenvalue weighted by atomic mass is 10.0. The number of aliphatic hydroxyl groups is 3. The minimum absolute atomic E-state index is 0.465. The van der Waals surface area contributed by atoms with Gasteiger partial charge in [-0.2, -0.15) is 0 Å². The summed E-state index contributed by atoms with van der Waals surface area (Å²) in [5.74, 6) is -2.96. The van der Waals surface area contributed by atoms with Crippen LogP contribution in [-0.4, -0.2) is 21.3 Å². The Morgan fingerprint density at radius 2 is 1.80 bits per heavy atom. The molecule has 0 amide bonds. The van der Waals surface area contributed by atoms with Crippen LogP contribution in [0.15, 0.2) is 0 Å². The SMILES string of the molecule is CCCCC(C)C(O)(O)O. The average molecular weight is 148 g/mol. The van der Waals surface area contributed by atoms with E-state index >= 15 is 0 Å². The summed E-state index contributed by atoms with van der Waals surface area (Å²) in [6.45, 7) is 3.62. The van der Waals surface area contributed by atoms with Gasteiger partial charge in [-0.25, -0.2) is 0 Å². The molecule has 3 heteroatoms. The van der Waals surface area contributed by atoms with Gasteiger partial charge in [0, 0.05) is 5.92 Å². The molecule has 0 aromatic heterocycles. The predicted molar refractivity (Wildman–Crippen MR) is 38.1 cm³/mol. The van der Waals surface area contributed by atoms with Gasteiger partial charge in [-0.1, -0.05) is 26.7 Å². The Bertz CT molecular complexity index is 85.3. The van der Waals surface area contributed by atoms with Gasteiger partial charge in [-0.15, -0.1) is 0 Å². The van der Waals surface area contributed by atoms with Crippen LogP contribution in [0, 0.1) is 5.92 Å². The summed E-state index contributed by atoms with van der Waals surface area (Å²) in [6.07, 6.45) is 2.55. The molecule has 0 aromatic carbocycles. The van der Waals surface area contributed by atoms with Crippen LogP contribution in [0.1, 0.15) is 33.1 Å². The molecule has 0 aliphatic carbocycles. The second-order valence-corrected chi connectivity index (χ2v) is 2.73. The molecule has 3 N–H and O–H groups in total. The highest BCUT2D eigenvalue weighted by Crippen LogP contribution is 2.16. The van der Waals surface area contributed by atoms with Crippen molar-refractivity contribution in [2.45, 2.75) is 39.1 Å². The minimum atomic E-state index is -2.49. The number of hydrogen-bond acceptors (Lipinski definition) is 3. The summed E-state index contributed by atoms with van der Waals surface area (Å²) in [7, 11) is 0. The summed E-state index contributed by atoms with van der Waals surface area (Å²) in [6, 6.07) is 0. The van der Waals surface area contributed by atoms with E-state index in [2.05, 4.69) is 0 Å². The molecule has 0 fully saturated rings. The van der Waals surface area contributed by atoms with Gasteiger partial charge < -0.3 is 15.3 Å². The number of hydrogen-bond donors (Lipinski definition) is 3. The average Bonchev–Trinajstić information content (AvgIpc) is 1.80. The standard InChI is InChI=1S/C7H16O3/c1-3-4-5-6(2)7(8,9)10/h6,8-10H,3-5H2,1-2H3. The van der Waals surface area contributed by atoms with E-state index in [1.165, 1.54) is 0 Å². The third-order valence-corrected chi connectivity index (χ3v) is 1.65. The molecule has 10 heavy (non-hydrogen) atoms. The Morgan fingerprint density at radius 3 is 2.10 bits per heavy atom. The maximum atomic E-state index is 8.62. The Labute approximate surface area is 61.3 Å². The van der Waals surface area contributed by atoms with Crippen LogP contribution in [0.2, 0.25) is 0 Å². The van der Waals surface area contributed by atoms with E-state index in [0.717, 1.165) is 12.8 Å². The van der Waals surface area contributed by atoms with E-state index in [1.54, 1.807) is 6.92 Å². The zero-order valence-electron chi connectivity index (χ0n) is 6.54. The monoisotopic (exact) mass is 148 g/mol. The lowest BCUT2D eigenvalue weighted by Gasteiger charge is -2.21. The zero-order valence-corrected chi connectivity index (χ0v) is 6.54. The summed E-state index contributed by atoms with van der Waals surface area (Å²) in [5, 5.41) is 25.9. The van der Waals surface area contributed by atoms with Gasteiger partial charge in [0.05, 0.1) is 0 Å². The molecule has 1 atom stereocenters. The summed E-state index contributed by atoms with van der Waals surface area (Å²) >= 11 is 0. The van der Waals surface area contributed by atoms with Crippen LogP contribution >= 0.6 is 0 Å². The maximum absolute atomic E-state index is 8.62. The van der Waals surface area contributed by atoms with Gasteiger partial charge in [0.15, 0.2) is 0 Å². The van der Waals surface area contributed by atoms with Crippen LogP contribution in [0.4, 0.5) is 0 Å². The van der Waals surface area contributed by atoms with Gasteiger partial charge in [0.1, 0.15) is 0 Å². The molecule has 1 unspecified atom stereocenters. The predicted octanol–water partition coefficient (Wildman–Crippen LogP) is 0.443. The molecular formula is C7H16O3. The molecule has 0 saturated carbocycles. The molecule has 0 spiro atoms. The summed E-state index contributed by atoms with van der Waals surface area (Å²) < 4.78 is 0. The van der Waals surface area contributed by atoms with E-state index in [0.29, 0.717) is 6.42 Å². The number of rotatable bonds is 4. The largest absolute Gasteiger partial charge is 0.343 e. The molecule has 62 valence electrons. The van der Waals surface area contributed by atoms with Crippen molar-refractivity contribution in [3.8, 4) is 0 Å². The fraction of sp³-hybridized carbons (Fsp3) is 1.00. The molecule has 0 aliphatic heterocycles. The fourth-order valence-corrected chi connectivity index (χ4v) is 0.704. The summed E-state index contributed by atoms with van der Waals surface area (Å²) in [4.78, 5) is 0. The Balaban J connectivity index is 3.52. The van der Waals surface area contributed by atoms with Crippen molar-refractivity contribution in [3.05, 3.63) is 0 Å². The topological polar surface area (TPSA) is 60.7 Å². The molecule has 0 bridgehead atoms. The van der Waals surface area contributed by atoms with Gasteiger partial charge in [-0.3, -0.25) is 0 Å². The summed E-state index contributed by atoms with van der Waals surface area (Å²) in [5.41, 5.74) is 0. The highest BCUT2D eigenvalue weighted by atomic mass is 16.7. The van der Waals surface area contributed by atoms with Crippen molar-refractivity contribution < 1.29 is 15.3 Å².